The number of hydrogen-bond donors (Lipinski definition) is 2. The van der Waals surface area contributed by atoms with Gasteiger partial charge in [-0.1, -0.05) is 30.3 Å². The number of thiophene rings is 1. The van der Waals surface area contributed by atoms with Crippen molar-refractivity contribution in [2.75, 3.05) is 17.9 Å². The van der Waals surface area contributed by atoms with E-state index in [-0.39, 0.29) is 16.1 Å². The maximum absolute atomic E-state index is 12.9. The Labute approximate surface area is 191 Å². The molecule has 7 nitrogen and oxygen atoms in total. The lowest BCUT2D eigenvalue weighted by atomic mass is 10.2. The number of rotatable bonds is 9. The molecule has 0 bridgehead atoms. The molecule has 3 aromatic rings. The molecule has 0 atom stereocenters. The number of para-hydroxylation sites is 1. The zero-order valence-corrected chi connectivity index (χ0v) is 19.4. The Morgan fingerprint density at radius 2 is 1.81 bits per heavy atom. The van der Waals surface area contributed by atoms with Crippen LogP contribution in [-0.4, -0.2) is 33.4 Å². The average molecular weight is 473 g/mol. The molecule has 0 saturated heterocycles. The summed E-state index contributed by atoms with van der Waals surface area (Å²) in [5.41, 5.74) is 1.49. The highest BCUT2D eigenvalue weighted by molar-refractivity contribution is 7.92. The van der Waals surface area contributed by atoms with Gasteiger partial charge in [0, 0.05) is 11.4 Å². The largest absolute Gasteiger partial charge is 0.452 e. The molecule has 0 unspecified atom stereocenters. The van der Waals surface area contributed by atoms with E-state index in [2.05, 4.69) is 10.0 Å². The number of sulfonamides is 1. The van der Waals surface area contributed by atoms with Gasteiger partial charge in [0.15, 0.2) is 6.61 Å². The van der Waals surface area contributed by atoms with E-state index in [0.29, 0.717) is 18.5 Å². The first-order chi connectivity index (χ1) is 15.3. The molecular formula is C23H24N2O5S2. The van der Waals surface area contributed by atoms with Crippen molar-refractivity contribution in [2.24, 2.45) is 0 Å². The normalized spacial score (nSPS) is 11.1. The van der Waals surface area contributed by atoms with Gasteiger partial charge in [-0.2, -0.15) is 0 Å². The second kappa shape index (κ2) is 10.4. The molecular weight excluding hydrogens is 448 g/mol. The minimum atomic E-state index is -3.92. The van der Waals surface area contributed by atoms with Crippen molar-refractivity contribution in [1.82, 2.24) is 5.32 Å². The van der Waals surface area contributed by atoms with Crippen LogP contribution in [0.4, 0.5) is 5.69 Å². The van der Waals surface area contributed by atoms with Crippen molar-refractivity contribution in [3.63, 3.8) is 0 Å². The van der Waals surface area contributed by atoms with Crippen LogP contribution in [0.25, 0.3) is 0 Å². The van der Waals surface area contributed by atoms with Crippen LogP contribution < -0.4 is 10.0 Å². The number of hydrogen-bond acceptors (Lipinski definition) is 6. The van der Waals surface area contributed by atoms with Gasteiger partial charge in [0.05, 0.1) is 16.1 Å². The molecule has 0 fully saturated rings. The van der Waals surface area contributed by atoms with Gasteiger partial charge in [-0.25, -0.2) is 13.2 Å². The Morgan fingerprint density at radius 1 is 1.03 bits per heavy atom. The summed E-state index contributed by atoms with van der Waals surface area (Å²) in [4.78, 5) is 25.8. The van der Waals surface area contributed by atoms with Gasteiger partial charge >= 0.3 is 5.97 Å². The number of anilines is 1. The summed E-state index contributed by atoms with van der Waals surface area (Å²) in [5, 5.41) is 4.66. The van der Waals surface area contributed by atoms with E-state index in [1.807, 2.05) is 23.6 Å². The van der Waals surface area contributed by atoms with Gasteiger partial charge in [-0.15, -0.1) is 11.3 Å². The summed E-state index contributed by atoms with van der Waals surface area (Å²) in [6.45, 7) is 3.48. The van der Waals surface area contributed by atoms with Gasteiger partial charge in [0.2, 0.25) is 0 Å². The van der Waals surface area contributed by atoms with Crippen molar-refractivity contribution < 1.29 is 22.7 Å². The van der Waals surface area contributed by atoms with E-state index in [1.54, 1.807) is 49.4 Å². The summed E-state index contributed by atoms with van der Waals surface area (Å²) in [7, 11) is -3.92. The molecule has 0 aliphatic rings. The van der Waals surface area contributed by atoms with Crippen LogP contribution in [0.1, 0.15) is 26.4 Å². The zero-order chi connectivity index (χ0) is 23.1. The fourth-order valence-corrected chi connectivity index (χ4v) is 5.11. The molecule has 0 spiro atoms. The van der Waals surface area contributed by atoms with Crippen molar-refractivity contribution in [2.45, 2.75) is 25.2 Å². The van der Waals surface area contributed by atoms with E-state index in [0.717, 1.165) is 10.4 Å². The van der Waals surface area contributed by atoms with Gasteiger partial charge in [-0.05, 0) is 61.0 Å². The first-order valence-corrected chi connectivity index (χ1v) is 12.3. The van der Waals surface area contributed by atoms with Crippen LogP contribution in [0.15, 0.2) is 64.9 Å². The highest BCUT2D eigenvalue weighted by atomic mass is 32.2. The van der Waals surface area contributed by atoms with E-state index < -0.39 is 28.5 Å². The Kier molecular flexibility index (Phi) is 7.66. The Bertz CT molecular complexity index is 1200. The van der Waals surface area contributed by atoms with Gasteiger partial charge in [0.1, 0.15) is 0 Å². The van der Waals surface area contributed by atoms with E-state index in [1.165, 1.54) is 12.1 Å². The molecule has 2 aromatic carbocycles. The lowest BCUT2D eigenvalue weighted by molar-refractivity contribution is -0.124. The summed E-state index contributed by atoms with van der Waals surface area (Å²) in [6, 6.07) is 15.1. The molecule has 1 aromatic heterocycles. The summed E-state index contributed by atoms with van der Waals surface area (Å²) in [6.07, 6.45) is 0.695. The minimum absolute atomic E-state index is 0.0211. The fourth-order valence-electron chi connectivity index (χ4n) is 2.99. The monoisotopic (exact) mass is 472 g/mol. The molecule has 9 heteroatoms. The second-order valence-corrected chi connectivity index (χ2v) is 9.86. The van der Waals surface area contributed by atoms with Crippen molar-refractivity contribution >= 4 is 38.9 Å². The molecule has 0 aliphatic carbocycles. The molecule has 0 radical (unpaired) electrons. The van der Waals surface area contributed by atoms with E-state index >= 15 is 0 Å². The highest BCUT2D eigenvalue weighted by Crippen LogP contribution is 2.23. The standard InChI is InChI=1S/C23H24N2O5S2/c1-16-9-10-17(2)21(14-16)32(28,29)25-20-8-4-3-7-19(20)23(27)30-15-22(26)24-12-11-18-6-5-13-31-18/h3-10,13-14,25H,11-12,15H2,1-2H3,(H,24,26). The third-order valence-corrected chi connectivity index (χ3v) is 7.08. The Hall–Kier alpha value is -3.17. The van der Waals surface area contributed by atoms with Crippen LogP contribution >= 0.6 is 11.3 Å². The first kappa shape index (κ1) is 23.5. The number of amides is 1. The van der Waals surface area contributed by atoms with Crippen LogP contribution in [0, 0.1) is 13.8 Å². The lowest BCUT2D eigenvalue weighted by Gasteiger charge is -2.14. The fraction of sp³-hybridized carbons (Fsp3) is 0.217. The molecule has 0 aliphatic heterocycles. The van der Waals surface area contributed by atoms with Crippen LogP contribution in [-0.2, 0) is 26.0 Å². The van der Waals surface area contributed by atoms with Crippen LogP contribution in [0.5, 0.6) is 0 Å². The Balaban J connectivity index is 1.63. The van der Waals surface area contributed by atoms with E-state index in [4.69, 9.17) is 4.74 Å². The predicted octanol–water partition coefficient (Wildman–Crippen LogP) is 3.68. The maximum Gasteiger partial charge on any atom is 0.340 e. The smallest absolute Gasteiger partial charge is 0.340 e. The molecule has 1 amide bonds. The maximum atomic E-state index is 12.9. The quantitative estimate of drug-likeness (QED) is 0.463. The van der Waals surface area contributed by atoms with Crippen LogP contribution in [0.3, 0.4) is 0 Å². The second-order valence-electron chi connectivity index (χ2n) is 7.18. The number of esters is 1. The minimum Gasteiger partial charge on any atom is -0.452 e. The van der Waals surface area contributed by atoms with Gasteiger partial charge in [0.25, 0.3) is 15.9 Å². The predicted molar refractivity (Wildman–Crippen MR) is 124 cm³/mol. The highest BCUT2D eigenvalue weighted by Gasteiger charge is 2.21. The topological polar surface area (TPSA) is 102 Å². The molecule has 2 N–H and O–H groups in total. The molecule has 3 rings (SSSR count). The first-order valence-electron chi connectivity index (χ1n) is 9.91. The van der Waals surface area contributed by atoms with Crippen molar-refractivity contribution in [3.05, 3.63) is 81.5 Å². The number of carbonyl (C=O) groups is 2. The summed E-state index contributed by atoms with van der Waals surface area (Å²) >= 11 is 1.60. The van der Waals surface area contributed by atoms with E-state index in [9.17, 15) is 18.0 Å². The molecule has 168 valence electrons. The molecule has 0 saturated carbocycles. The van der Waals surface area contributed by atoms with Crippen molar-refractivity contribution in [1.29, 1.82) is 0 Å². The average Bonchev–Trinajstić information content (AvgIpc) is 3.27. The Morgan fingerprint density at radius 3 is 2.56 bits per heavy atom. The number of ether oxygens (including phenoxy) is 1. The number of aryl methyl sites for hydroxylation is 2. The van der Waals surface area contributed by atoms with Gasteiger partial charge < -0.3 is 10.1 Å². The summed E-state index contributed by atoms with van der Waals surface area (Å²) < 4.78 is 33.4. The number of carbonyl (C=O) groups excluding carboxylic acids is 2. The molecule has 32 heavy (non-hydrogen) atoms. The number of benzene rings is 2. The number of nitrogens with one attached hydrogen (secondary N) is 2. The third kappa shape index (κ3) is 6.18. The van der Waals surface area contributed by atoms with Gasteiger partial charge in [-0.3, -0.25) is 9.52 Å². The van der Waals surface area contributed by atoms with Crippen LogP contribution in [0.2, 0.25) is 0 Å². The third-order valence-electron chi connectivity index (χ3n) is 4.63. The van der Waals surface area contributed by atoms with Crippen molar-refractivity contribution in [3.8, 4) is 0 Å². The zero-order valence-electron chi connectivity index (χ0n) is 17.8. The molecule has 1 heterocycles. The lowest BCUT2D eigenvalue weighted by Crippen LogP contribution is -2.30. The summed E-state index contributed by atoms with van der Waals surface area (Å²) in [5.74, 6) is -1.22. The SMILES string of the molecule is Cc1ccc(C)c(S(=O)(=O)Nc2ccccc2C(=O)OCC(=O)NCCc2cccs2)c1.